The van der Waals surface area contributed by atoms with E-state index in [9.17, 15) is 15.1 Å². The van der Waals surface area contributed by atoms with E-state index in [1.807, 2.05) is 24.3 Å². The second-order valence-corrected chi connectivity index (χ2v) is 5.59. The zero-order chi connectivity index (χ0) is 17.7. The molecule has 0 aromatic heterocycles. The maximum Gasteiger partial charge on any atom is 0.247 e. The second kappa shape index (κ2) is 7.79. The van der Waals surface area contributed by atoms with Crippen molar-refractivity contribution in [2.45, 2.75) is 33.6 Å². The summed E-state index contributed by atoms with van der Waals surface area (Å²) in [5.41, 5.74) is 5.02. The predicted octanol–water partition coefficient (Wildman–Crippen LogP) is 4.87. The molecule has 0 saturated carbocycles. The van der Waals surface area contributed by atoms with Gasteiger partial charge in [0, 0.05) is 6.92 Å². The molecule has 1 amide bonds. The van der Waals surface area contributed by atoms with Gasteiger partial charge in [-0.05, 0) is 59.4 Å². The molecule has 0 aliphatic carbocycles. The van der Waals surface area contributed by atoms with Crippen molar-refractivity contribution >= 4 is 22.7 Å². The van der Waals surface area contributed by atoms with E-state index in [4.69, 9.17) is 0 Å². The molecule has 0 bridgehead atoms. The number of hydroxylamine groups is 1. The standard InChI is InChI=1S/C20H23NO3/c1-4-19(20(5-2)16-8-12-18(23)13-9-16)15-6-10-17(11-7-15)21(24)14(3)22/h6-13,23-24H,4-5H2,1-3H3. The van der Waals surface area contributed by atoms with Crippen molar-refractivity contribution in [1.29, 1.82) is 0 Å². The van der Waals surface area contributed by atoms with Crippen LogP contribution in [-0.2, 0) is 4.79 Å². The van der Waals surface area contributed by atoms with Gasteiger partial charge in [-0.2, -0.15) is 5.06 Å². The first-order chi connectivity index (χ1) is 11.5. The Bertz CT molecular complexity index is 730. The number of phenols is 1. The number of rotatable bonds is 5. The Hall–Kier alpha value is -2.59. The number of hydrogen-bond donors (Lipinski definition) is 2. The van der Waals surface area contributed by atoms with E-state index < -0.39 is 5.91 Å². The highest BCUT2D eigenvalue weighted by atomic mass is 16.5. The van der Waals surface area contributed by atoms with Crippen molar-refractivity contribution in [3.8, 4) is 5.75 Å². The fourth-order valence-electron chi connectivity index (χ4n) is 2.83. The largest absolute Gasteiger partial charge is 0.508 e. The molecule has 0 atom stereocenters. The van der Waals surface area contributed by atoms with Crippen molar-refractivity contribution in [2.24, 2.45) is 0 Å². The van der Waals surface area contributed by atoms with Crippen LogP contribution in [-0.4, -0.2) is 16.2 Å². The Morgan fingerprint density at radius 1 is 0.875 bits per heavy atom. The Balaban J connectivity index is 2.44. The summed E-state index contributed by atoms with van der Waals surface area (Å²) in [6.45, 7) is 5.52. The lowest BCUT2D eigenvalue weighted by Gasteiger charge is -2.16. The first-order valence-corrected chi connectivity index (χ1v) is 8.09. The lowest BCUT2D eigenvalue weighted by molar-refractivity contribution is -0.121. The molecule has 0 heterocycles. The summed E-state index contributed by atoms with van der Waals surface area (Å²) in [6.07, 6.45) is 1.73. The summed E-state index contributed by atoms with van der Waals surface area (Å²) in [6, 6.07) is 14.5. The summed E-state index contributed by atoms with van der Waals surface area (Å²) in [4.78, 5) is 11.2. The first kappa shape index (κ1) is 17.8. The van der Waals surface area contributed by atoms with E-state index in [1.54, 1.807) is 24.3 Å². The van der Waals surface area contributed by atoms with Crippen molar-refractivity contribution < 1.29 is 15.1 Å². The maximum absolute atomic E-state index is 11.2. The summed E-state index contributed by atoms with van der Waals surface area (Å²) in [5, 5.41) is 19.8. The van der Waals surface area contributed by atoms with Crippen molar-refractivity contribution in [3.05, 3.63) is 59.7 Å². The van der Waals surface area contributed by atoms with Crippen LogP contribution in [0.4, 0.5) is 5.69 Å². The van der Waals surface area contributed by atoms with Gasteiger partial charge >= 0.3 is 0 Å². The Kier molecular flexibility index (Phi) is 5.77. The van der Waals surface area contributed by atoms with Gasteiger partial charge in [0.15, 0.2) is 0 Å². The lowest BCUT2D eigenvalue weighted by Crippen LogP contribution is -2.23. The molecule has 0 saturated heterocycles. The number of amides is 1. The third-order valence-corrected chi connectivity index (χ3v) is 4.05. The number of carbonyl (C=O) groups excluding carboxylic acids is 1. The molecular weight excluding hydrogens is 302 g/mol. The summed E-state index contributed by atoms with van der Waals surface area (Å²) >= 11 is 0. The van der Waals surface area contributed by atoms with Crippen LogP contribution in [0.25, 0.3) is 11.1 Å². The lowest BCUT2D eigenvalue weighted by atomic mass is 9.91. The number of phenolic OH excluding ortho intramolecular Hbond substituents is 1. The van der Waals surface area contributed by atoms with Gasteiger partial charge in [-0.15, -0.1) is 0 Å². The minimum Gasteiger partial charge on any atom is -0.508 e. The van der Waals surface area contributed by atoms with Crippen LogP contribution in [0.2, 0.25) is 0 Å². The van der Waals surface area contributed by atoms with Crippen molar-refractivity contribution in [3.63, 3.8) is 0 Å². The van der Waals surface area contributed by atoms with Gasteiger partial charge in [-0.3, -0.25) is 10.0 Å². The molecule has 0 aliphatic rings. The molecule has 0 fully saturated rings. The molecule has 24 heavy (non-hydrogen) atoms. The quantitative estimate of drug-likeness (QED) is 0.468. The normalized spacial score (nSPS) is 11.8. The molecule has 0 spiro atoms. The summed E-state index contributed by atoms with van der Waals surface area (Å²) in [7, 11) is 0. The SMILES string of the molecule is CCC(=C(CC)c1ccc(N(O)C(C)=O)cc1)c1ccc(O)cc1. The molecule has 4 nitrogen and oxygen atoms in total. The third-order valence-electron chi connectivity index (χ3n) is 4.05. The maximum atomic E-state index is 11.2. The zero-order valence-electron chi connectivity index (χ0n) is 14.3. The average Bonchev–Trinajstić information content (AvgIpc) is 2.60. The Morgan fingerprint density at radius 2 is 1.29 bits per heavy atom. The summed E-state index contributed by atoms with van der Waals surface area (Å²) in [5.74, 6) is -0.170. The Labute approximate surface area is 142 Å². The van der Waals surface area contributed by atoms with Crippen LogP contribution >= 0.6 is 0 Å². The number of carbonyl (C=O) groups is 1. The molecule has 2 aromatic carbocycles. The van der Waals surface area contributed by atoms with Crippen molar-refractivity contribution in [1.82, 2.24) is 0 Å². The number of aromatic hydroxyl groups is 1. The molecule has 0 aliphatic heterocycles. The van der Waals surface area contributed by atoms with Gasteiger partial charge < -0.3 is 5.11 Å². The highest BCUT2D eigenvalue weighted by Gasteiger charge is 2.11. The smallest absolute Gasteiger partial charge is 0.247 e. The first-order valence-electron chi connectivity index (χ1n) is 8.09. The third kappa shape index (κ3) is 3.84. The molecule has 2 rings (SSSR count). The van der Waals surface area contributed by atoms with Crippen LogP contribution in [0.15, 0.2) is 48.5 Å². The minimum absolute atomic E-state index is 0.254. The van der Waals surface area contributed by atoms with Crippen LogP contribution in [0, 0.1) is 0 Å². The average molecular weight is 325 g/mol. The molecule has 4 heteroatoms. The monoisotopic (exact) mass is 325 g/mol. The van der Waals surface area contributed by atoms with Gasteiger partial charge in [0.1, 0.15) is 5.75 Å². The van der Waals surface area contributed by atoms with Crippen LogP contribution in [0.1, 0.15) is 44.7 Å². The summed E-state index contributed by atoms with van der Waals surface area (Å²) < 4.78 is 0. The fraction of sp³-hybridized carbons (Fsp3) is 0.250. The Morgan fingerprint density at radius 3 is 1.67 bits per heavy atom. The number of benzene rings is 2. The van der Waals surface area contributed by atoms with Gasteiger partial charge in [0.05, 0.1) is 5.69 Å². The minimum atomic E-state index is -0.424. The molecule has 2 aromatic rings. The van der Waals surface area contributed by atoms with Gasteiger partial charge in [-0.25, -0.2) is 0 Å². The fourth-order valence-corrected chi connectivity index (χ4v) is 2.83. The van der Waals surface area contributed by atoms with E-state index in [0.717, 1.165) is 24.0 Å². The molecule has 2 N–H and O–H groups in total. The van der Waals surface area contributed by atoms with Gasteiger partial charge in [0.2, 0.25) is 5.91 Å². The van der Waals surface area contributed by atoms with Crippen LogP contribution in [0.5, 0.6) is 5.75 Å². The topological polar surface area (TPSA) is 60.8 Å². The number of nitrogens with zero attached hydrogens (tertiary/aromatic N) is 1. The van der Waals surface area contributed by atoms with E-state index in [2.05, 4.69) is 13.8 Å². The van der Waals surface area contributed by atoms with Crippen LogP contribution < -0.4 is 5.06 Å². The second-order valence-electron chi connectivity index (χ2n) is 5.59. The van der Waals surface area contributed by atoms with E-state index in [1.165, 1.54) is 18.1 Å². The van der Waals surface area contributed by atoms with Gasteiger partial charge in [0.25, 0.3) is 0 Å². The number of anilines is 1. The molecule has 0 radical (unpaired) electrons. The van der Waals surface area contributed by atoms with E-state index >= 15 is 0 Å². The van der Waals surface area contributed by atoms with E-state index in [-0.39, 0.29) is 5.75 Å². The molecule has 0 unspecified atom stereocenters. The highest BCUT2D eigenvalue weighted by Crippen LogP contribution is 2.32. The number of allylic oxidation sites excluding steroid dienone is 2. The van der Waals surface area contributed by atoms with E-state index in [0.29, 0.717) is 10.8 Å². The van der Waals surface area contributed by atoms with Gasteiger partial charge in [-0.1, -0.05) is 38.1 Å². The highest BCUT2D eigenvalue weighted by molar-refractivity contribution is 5.92. The van der Waals surface area contributed by atoms with Crippen molar-refractivity contribution in [2.75, 3.05) is 5.06 Å². The number of hydrogen-bond acceptors (Lipinski definition) is 3. The predicted molar refractivity (Wildman–Crippen MR) is 96.9 cm³/mol. The molecule has 126 valence electrons. The molecular formula is C20H23NO3. The zero-order valence-corrected chi connectivity index (χ0v) is 14.3. The van der Waals surface area contributed by atoms with Crippen LogP contribution in [0.3, 0.4) is 0 Å².